The number of rotatable bonds is 6. The Balaban J connectivity index is 1.54. The van der Waals surface area contributed by atoms with Crippen molar-refractivity contribution in [1.29, 1.82) is 0 Å². The smallest absolute Gasteiger partial charge is 0.326 e. The molecular weight excluding hydrogens is 464 g/mol. The lowest BCUT2D eigenvalue weighted by atomic mass is 9.72. The van der Waals surface area contributed by atoms with Crippen LogP contribution in [0.4, 0.5) is 0 Å². The number of carboxylic acid groups (broad SMARTS) is 1. The largest absolute Gasteiger partial charge is 0.493 e. The zero-order valence-corrected chi connectivity index (χ0v) is 22.3. The van der Waals surface area contributed by atoms with Gasteiger partial charge in [-0.15, -0.1) is 0 Å². The van der Waals surface area contributed by atoms with E-state index in [1.165, 1.54) is 5.56 Å². The van der Waals surface area contributed by atoms with Crippen LogP contribution in [0.3, 0.4) is 0 Å². The van der Waals surface area contributed by atoms with Gasteiger partial charge < -0.3 is 20.1 Å². The highest BCUT2D eigenvalue weighted by Gasteiger charge is 2.58. The van der Waals surface area contributed by atoms with Crippen molar-refractivity contribution in [3.63, 3.8) is 0 Å². The molecule has 0 unspecified atom stereocenters. The number of fused-ring (bicyclic) bond motifs is 1. The van der Waals surface area contributed by atoms with E-state index in [4.69, 9.17) is 4.74 Å². The minimum absolute atomic E-state index is 0.00850. The fourth-order valence-electron chi connectivity index (χ4n) is 6.87. The highest BCUT2D eigenvalue weighted by molar-refractivity contribution is 5.87. The molecule has 2 heterocycles. The molecule has 2 N–H and O–H groups in total. The molecule has 1 saturated heterocycles. The molecule has 2 aromatic rings. The van der Waals surface area contributed by atoms with E-state index in [1.807, 2.05) is 36.4 Å². The fourth-order valence-corrected chi connectivity index (χ4v) is 6.87. The van der Waals surface area contributed by atoms with Crippen LogP contribution in [0.5, 0.6) is 5.75 Å². The molecule has 6 heteroatoms. The molecular formula is C31H40N2O4. The second-order valence-corrected chi connectivity index (χ2v) is 12.1. The molecule has 1 saturated carbocycles. The molecule has 4 atom stereocenters. The Labute approximate surface area is 220 Å². The zero-order valence-electron chi connectivity index (χ0n) is 22.3. The van der Waals surface area contributed by atoms with E-state index in [1.54, 1.807) is 4.90 Å². The summed E-state index contributed by atoms with van der Waals surface area (Å²) in [5.41, 5.74) is 3.02. The van der Waals surface area contributed by atoms with E-state index in [9.17, 15) is 14.7 Å². The number of benzene rings is 2. The molecule has 2 fully saturated rings. The molecule has 0 bridgehead atoms. The van der Waals surface area contributed by atoms with Crippen LogP contribution in [0.2, 0.25) is 0 Å². The Morgan fingerprint density at radius 2 is 1.78 bits per heavy atom. The molecule has 3 aliphatic rings. The summed E-state index contributed by atoms with van der Waals surface area (Å²) in [4.78, 5) is 28.8. The Hall–Kier alpha value is -2.86. The van der Waals surface area contributed by atoms with Crippen molar-refractivity contribution >= 4 is 11.9 Å². The number of likely N-dealkylation sites (tertiary alicyclic amines) is 1. The molecule has 1 amide bonds. The number of ether oxygens (including phenoxy) is 1. The summed E-state index contributed by atoms with van der Waals surface area (Å²) in [7, 11) is 0. The minimum Gasteiger partial charge on any atom is -0.493 e. The molecule has 0 radical (unpaired) electrons. The summed E-state index contributed by atoms with van der Waals surface area (Å²) in [6.45, 7) is 7.63. The number of hydrogen-bond donors (Lipinski definition) is 2. The SMILES string of the molecule is CC(C)(C)[C@H]1[C@H](NCc2ccc3c(c2)CCO3)[C@H](c2ccccc2)N(C(=O)C2CCCCC2)[C@@H]1C(=O)O. The summed E-state index contributed by atoms with van der Waals surface area (Å²) >= 11 is 0. The van der Waals surface area contributed by atoms with E-state index in [2.05, 4.69) is 38.2 Å². The lowest BCUT2D eigenvalue weighted by Crippen LogP contribution is -2.49. The highest BCUT2D eigenvalue weighted by Crippen LogP contribution is 2.49. The molecule has 37 heavy (non-hydrogen) atoms. The van der Waals surface area contributed by atoms with Crippen molar-refractivity contribution in [2.24, 2.45) is 17.3 Å². The van der Waals surface area contributed by atoms with Gasteiger partial charge in [-0.3, -0.25) is 4.79 Å². The van der Waals surface area contributed by atoms with Crippen LogP contribution in [0.25, 0.3) is 0 Å². The molecule has 2 aromatic carbocycles. The van der Waals surface area contributed by atoms with Crippen molar-refractivity contribution in [2.45, 2.75) is 84.0 Å². The first-order valence-corrected chi connectivity index (χ1v) is 13.8. The highest BCUT2D eigenvalue weighted by atomic mass is 16.5. The van der Waals surface area contributed by atoms with Crippen LogP contribution in [0, 0.1) is 17.3 Å². The number of nitrogens with one attached hydrogen (secondary N) is 1. The molecule has 6 nitrogen and oxygen atoms in total. The maximum atomic E-state index is 14.1. The van der Waals surface area contributed by atoms with Crippen LogP contribution in [0.1, 0.15) is 75.6 Å². The van der Waals surface area contributed by atoms with Crippen LogP contribution in [-0.4, -0.2) is 40.6 Å². The average Bonchev–Trinajstić information content (AvgIpc) is 3.50. The second-order valence-electron chi connectivity index (χ2n) is 12.1. The number of hydrogen-bond acceptors (Lipinski definition) is 4. The predicted octanol–water partition coefficient (Wildman–Crippen LogP) is 5.36. The van der Waals surface area contributed by atoms with Crippen molar-refractivity contribution in [2.75, 3.05) is 6.61 Å². The van der Waals surface area contributed by atoms with Crippen molar-refractivity contribution in [3.8, 4) is 5.75 Å². The van der Waals surface area contributed by atoms with Gasteiger partial charge in [-0.25, -0.2) is 4.79 Å². The molecule has 5 rings (SSSR count). The van der Waals surface area contributed by atoms with Crippen molar-refractivity contribution in [3.05, 3.63) is 65.2 Å². The van der Waals surface area contributed by atoms with Gasteiger partial charge >= 0.3 is 5.97 Å². The monoisotopic (exact) mass is 504 g/mol. The molecule has 198 valence electrons. The third-order valence-corrected chi connectivity index (χ3v) is 8.57. The Kier molecular flexibility index (Phi) is 7.30. The van der Waals surface area contributed by atoms with Gasteiger partial charge in [-0.1, -0.05) is 82.5 Å². The van der Waals surface area contributed by atoms with Crippen LogP contribution in [-0.2, 0) is 22.6 Å². The van der Waals surface area contributed by atoms with E-state index in [0.29, 0.717) is 6.54 Å². The van der Waals surface area contributed by atoms with Crippen LogP contribution in [0.15, 0.2) is 48.5 Å². The van der Waals surface area contributed by atoms with Crippen LogP contribution < -0.4 is 10.1 Å². The van der Waals surface area contributed by atoms with Crippen LogP contribution >= 0.6 is 0 Å². The number of aliphatic carboxylic acids is 1. The summed E-state index contributed by atoms with van der Waals surface area (Å²) in [5, 5.41) is 14.4. The number of carbonyl (C=O) groups is 2. The maximum absolute atomic E-state index is 14.1. The van der Waals surface area contributed by atoms with Gasteiger partial charge in [0, 0.05) is 30.8 Å². The third-order valence-electron chi connectivity index (χ3n) is 8.57. The first-order valence-electron chi connectivity index (χ1n) is 13.8. The quantitative estimate of drug-likeness (QED) is 0.554. The number of amides is 1. The molecule has 0 aromatic heterocycles. The first-order chi connectivity index (χ1) is 17.8. The second kappa shape index (κ2) is 10.5. The molecule has 2 aliphatic heterocycles. The Morgan fingerprint density at radius 3 is 2.46 bits per heavy atom. The Morgan fingerprint density at radius 1 is 1.05 bits per heavy atom. The lowest BCUT2D eigenvalue weighted by Gasteiger charge is -2.36. The fraction of sp³-hybridized carbons (Fsp3) is 0.548. The Bertz CT molecular complexity index is 1120. The van der Waals surface area contributed by atoms with Gasteiger partial charge in [0.2, 0.25) is 5.91 Å². The maximum Gasteiger partial charge on any atom is 0.326 e. The van der Waals surface area contributed by atoms with Gasteiger partial charge in [0.25, 0.3) is 0 Å². The number of carbonyl (C=O) groups excluding carboxylic acids is 1. The first kappa shape index (κ1) is 25.8. The topological polar surface area (TPSA) is 78.9 Å². The van der Waals surface area contributed by atoms with Gasteiger partial charge in [-0.2, -0.15) is 0 Å². The minimum atomic E-state index is -0.913. The average molecular weight is 505 g/mol. The van der Waals surface area contributed by atoms with E-state index >= 15 is 0 Å². The summed E-state index contributed by atoms with van der Waals surface area (Å²) in [5.74, 6) is -0.314. The number of carboxylic acids is 1. The van der Waals surface area contributed by atoms with Crippen molar-refractivity contribution in [1.82, 2.24) is 10.2 Å². The van der Waals surface area contributed by atoms with E-state index in [0.717, 1.165) is 62.0 Å². The lowest BCUT2D eigenvalue weighted by molar-refractivity contribution is -0.154. The van der Waals surface area contributed by atoms with E-state index in [-0.39, 0.29) is 35.2 Å². The van der Waals surface area contributed by atoms with E-state index < -0.39 is 12.0 Å². The molecule has 0 spiro atoms. The summed E-state index contributed by atoms with van der Waals surface area (Å²) in [6, 6.07) is 14.9. The zero-order chi connectivity index (χ0) is 26.2. The molecule has 1 aliphatic carbocycles. The van der Waals surface area contributed by atoms with Gasteiger partial charge in [0.1, 0.15) is 11.8 Å². The van der Waals surface area contributed by atoms with Gasteiger partial charge in [0.05, 0.1) is 12.6 Å². The number of nitrogens with zero attached hydrogens (tertiary/aromatic N) is 1. The van der Waals surface area contributed by atoms with Gasteiger partial charge in [0.15, 0.2) is 0 Å². The standard InChI is InChI=1S/C31H40N2O4/c1-31(2,3)25-26(32-19-20-14-15-24-23(18-20)16-17-37-24)27(21-10-6-4-7-11-21)33(28(25)30(35)36)29(34)22-12-8-5-9-13-22/h4,6-7,10-11,14-15,18,22,25-28,32H,5,8-9,12-13,16-17,19H2,1-3H3,(H,35,36)/t25-,26-,27-,28-/m0/s1. The predicted molar refractivity (Wildman–Crippen MR) is 143 cm³/mol. The normalized spacial score (nSPS) is 26.1. The van der Waals surface area contributed by atoms with Gasteiger partial charge in [-0.05, 0) is 41.0 Å². The summed E-state index contributed by atoms with van der Waals surface area (Å²) in [6.07, 6.45) is 5.82. The third kappa shape index (κ3) is 5.13. The van der Waals surface area contributed by atoms with Crippen molar-refractivity contribution < 1.29 is 19.4 Å². The summed E-state index contributed by atoms with van der Waals surface area (Å²) < 4.78 is 5.68.